The number of hydrogen-bond acceptors (Lipinski definition) is 2. The molecule has 0 aliphatic heterocycles. The molecule has 2 rings (SSSR count). The standard InChI is InChI=1S/C13H17BrO2/c1-16-13(10-4-5-10)12(15)8-9-2-6-11(14)7-3-9/h2-3,6-7,10,12-13,15H,4-5,8H2,1H3. The van der Waals surface area contributed by atoms with Gasteiger partial charge in [0.05, 0.1) is 12.2 Å². The molecule has 1 aromatic rings. The number of aliphatic hydroxyl groups is 1. The van der Waals surface area contributed by atoms with Gasteiger partial charge in [0.1, 0.15) is 0 Å². The average Bonchev–Trinajstić information content (AvgIpc) is 3.07. The van der Waals surface area contributed by atoms with E-state index in [2.05, 4.69) is 15.9 Å². The first kappa shape index (κ1) is 12.1. The van der Waals surface area contributed by atoms with E-state index >= 15 is 0 Å². The second-order valence-corrected chi connectivity index (χ2v) is 5.35. The van der Waals surface area contributed by atoms with Crippen molar-refractivity contribution in [2.75, 3.05) is 7.11 Å². The molecule has 2 nitrogen and oxygen atoms in total. The summed E-state index contributed by atoms with van der Waals surface area (Å²) >= 11 is 3.40. The lowest BCUT2D eigenvalue weighted by Gasteiger charge is -2.21. The number of rotatable bonds is 5. The van der Waals surface area contributed by atoms with Crippen molar-refractivity contribution < 1.29 is 9.84 Å². The molecule has 1 N–H and O–H groups in total. The zero-order valence-corrected chi connectivity index (χ0v) is 11.0. The number of ether oxygens (including phenoxy) is 1. The second-order valence-electron chi connectivity index (χ2n) is 4.44. The Kier molecular flexibility index (Phi) is 4.00. The largest absolute Gasteiger partial charge is 0.390 e. The summed E-state index contributed by atoms with van der Waals surface area (Å²) in [5.41, 5.74) is 1.15. The van der Waals surface area contributed by atoms with Crippen molar-refractivity contribution in [1.29, 1.82) is 0 Å². The van der Waals surface area contributed by atoms with Gasteiger partial charge >= 0.3 is 0 Å². The Bertz CT molecular complexity index is 332. The molecule has 1 aromatic carbocycles. The molecule has 0 bridgehead atoms. The Morgan fingerprint density at radius 1 is 1.38 bits per heavy atom. The summed E-state index contributed by atoms with van der Waals surface area (Å²) in [5, 5.41) is 10.1. The highest BCUT2D eigenvalue weighted by molar-refractivity contribution is 9.10. The molecule has 1 aliphatic rings. The Labute approximate surface area is 105 Å². The van der Waals surface area contributed by atoms with Crippen molar-refractivity contribution in [3.8, 4) is 0 Å². The lowest BCUT2D eigenvalue weighted by Crippen LogP contribution is -2.31. The number of methoxy groups -OCH3 is 1. The van der Waals surface area contributed by atoms with Gasteiger partial charge in [0, 0.05) is 18.0 Å². The number of halogens is 1. The Balaban J connectivity index is 1.94. The topological polar surface area (TPSA) is 29.5 Å². The number of aliphatic hydroxyl groups excluding tert-OH is 1. The SMILES string of the molecule is COC(C(O)Cc1ccc(Br)cc1)C1CC1. The molecule has 1 fully saturated rings. The first-order chi connectivity index (χ1) is 7.70. The van der Waals surface area contributed by atoms with E-state index in [9.17, 15) is 5.11 Å². The monoisotopic (exact) mass is 284 g/mol. The van der Waals surface area contributed by atoms with E-state index in [1.54, 1.807) is 7.11 Å². The van der Waals surface area contributed by atoms with Gasteiger partial charge < -0.3 is 9.84 Å². The molecule has 88 valence electrons. The van der Waals surface area contributed by atoms with E-state index in [4.69, 9.17) is 4.74 Å². The van der Waals surface area contributed by atoms with Crippen LogP contribution in [0.1, 0.15) is 18.4 Å². The Morgan fingerprint density at radius 3 is 2.50 bits per heavy atom. The van der Waals surface area contributed by atoms with E-state index in [0.717, 1.165) is 10.0 Å². The zero-order valence-electron chi connectivity index (χ0n) is 9.40. The molecule has 0 amide bonds. The number of benzene rings is 1. The van der Waals surface area contributed by atoms with Crippen molar-refractivity contribution in [3.63, 3.8) is 0 Å². The molecule has 1 aliphatic carbocycles. The second kappa shape index (κ2) is 5.30. The van der Waals surface area contributed by atoms with Crippen LogP contribution in [0, 0.1) is 5.92 Å². The molecule has 3 heteroatoms. The van der Waals surface area contributed by atoms with E-state index in [1.807, 2.05) is 24.3 Å². The number of hydrogen-bond donors (Lipinski definition) is 1. The molecule has 2 atom stereocenters. The molecule has 0 heterocycles. The van der Waals surface area contributed by atoms with E-state index in [0.29, 0.717) is 12.3 Å². The summed E-state index contributed by atoms with van der Waals surface area (Å²) in [7, 11) is 1.69. The van der Waals surface area contributed by atoms with Crippen molar-refractivity contribution >= 4 is 15.9 Å². The van der Waals surface area contributed by atoms with Crippen molar-refractivity contribution in [2.45, 2.75) is 31.5 Å². The minimum absolute atomic E-state index is 0.00338. The van der Waals surface area contributed by atoms with Crippen LogP contribution in [0.15, 0.2) is 28.7 Å². The van der Waals surface area contributed by atoms with Crippen LogP contribution in [0.4, 0.5) is 0 Å². The van der Waals surface area contributed by atoms with Gasteiger partial charge in [-0.1, -0.05) is 28.1 Å². The quantitative estimate of drug-likeness (QED) is 0.901. The molecule has 2 unspecified atom stereocenters. The van der Waals surface area contributed by atoms with Gasteiger partial charge in [0.2, 0.25) is 0 Å². The molecule has 16 heavy (non-hydrogen) atoms. The summed E-state index contributed by atoms with van der Waals surface area (Å²) in [6, 6.07) is 8.07. The fourth-order valence-corrected chi connectivity index (χ4v) is 2.33. The van der Waals surface area contributed by atoms with Crippen molar-refractivity contribution in [3.05, 3.63) is 34.3 Å². The Hall–Kier alpha value is -0.380. The predicted octanol–water partition coefficient (Wildman–Crippen LogP) is 2.78. The first-order valence-corrected chi connectivity index (χ1v) is 6.45. The van der Waals surface area contributed by atoms with Gasteiger partial charge in [0.25, 0.3) is 0 Å². The van der Waals surface area contributed by atoms with Gasteiger partial charge in [-0.15, -0.1) is 0 Å². The average molecular weight is 285 g/mol. The lowest BCUT2D eigenvalue weighted by molar-refractivity contribution is -0.0237. The minimum atomic E-state index is -0.390. The summed E-state index contributed by atoms with van der Waals surface area (Å²) in [5.74, 6) is 0.565. The first-order valence-electron chi connectivity index (χ1n) is 5.66. The lowest BCUT2D eigenvalue weighted by atomic mass is 10.0. The van der Waals surface area contributed by atoms with Crippen LogP contribution in [-0.2, 0) is 11.2 Å². The van der Waals surface area contributed by atoms with Gasteiger partial charge in [-0.25, -0.2) is 0 Å². The molecule has 0 aromatic heterocycles. The molecular weight excluding hydrogens is 268 g/mol. The van der Waals surface area contributed by atoms with Crippen LogP contribution in [0.25, 0.3) is 0 Å². The van der Waals surface area contributed by atoms with E-state index in [-0.39, 0.29) is 6.10 Å². The highest BCUT2D eigenvalue weighted by Crippen LogP contribution is 2.36. The van der Waals surface area contributed by atoms with Gasteiger partial charge in [-0.3, -0.25) is 0 Å². The fraction of sp³-hybridized carbons (Fsp3) is 0.538. The third-order valence-corrected chi connectivity index (χ3v) is 3.62. The van der Waals surface area contributed by atoms with Crippen LogP contribution in [0.3, 0.4) is 0 Å². The van der Waals surface area contributed by atoms with Crippen LogP contribution in [0.2, 0.25) is 0 Å². The third kappa shape index (κ3) is 3.06. The van der Waals surface area contributed by atoms with Crippen LogP contribution in [0.5, 0.6) is 0 Å². The predicted molar refractivity (Wildman–Crippen MR) is 67.4 cm³/mol. The van der Waals surface area contributed by atoms with Crippen molar-refractivity contribution in [2.24, 2.45) is 5.92 Å². The van der Waals surface area contributed by atoms with Gasteiger partial charge in [-0.05, 0) is 36.5 Å². The van der Waals surface area contributed by atoms with Crippen LogP contribution in [-0.4, -0.2) is 24.4 Å². The molecule has 1 saturated carbocycles. The van der Waals surface area contributed by atoms with Gasteiger partial charge in [-0.2, -0.15) is 0 Å². The van der Waals surface area contributed by atoms with Gasteiger partial charge in [0.15, 0.2) is 0 Å². The summed E-state index contributed by atoms with van der Waals surface area (Å²) in [4.78, 5) is 0. The highest BCUT2D eigenvalue weighted by Gasteiger charge is 2.35. The smallest absolute Gasteiger partial charge is 0.0861 e. The van der Waals surface area contributed by atoms with E-state index in [1.165, 1.54) is 12.8 Å². The maximum Gasteiger partial charge on any atom is 0.0861 e. The normalized spacial score (nSPS) is 19.4. The highest BCUT2D eigenvalue weighted by atomic mass is 79.9. The summed E-state index contributed by atoms with van der Waals surface area (Å²) in [6.07, 6.45) is 2.66. The summed E-state index contributed by atoms with van der Waals surface area (Å²) < 4.78 is 6.44. The third-order valence-electron chi connectivity index (χ3n) is 3.10. The zero-order chi connectivity index (χ0) is 11.5. The minimum Gasteiger partial charge on any atom is -0.390 e. The van der Waals surface area contributed by atoms with Crippen molar-refractivity contribution in [1.82, 2.24) is 0 Å². The summed E-state index contributed by atoms with van der Waals surface area (Å²) in [6.45, 7) is 0. The molecule has 0 radical (unpaired) electrons. The maximum atomic E-state index is 10.1. The molecule has 0 saturated heterocycles. The molecular formula is C13H17BrO2. The fourth-order valence-electron chi connectivity index (χ4n) is 2.07. The maximum absolute atomic E-state index is 10.1. The van der Waals surface area contributed by atoms with Crippen LogP contribution < -0.4 is 0 Å². The van der Waals surface area contributed by atoms with E-state index < -0.39 is 6.10 Å². The van der Waals surface area contributed by atoms with Crippen LogP contribution >= 0.6 is 15.9 Å². The molecule has 0 spiro atoms. The Morgan fingerprint density at radius 2 is 2.00 bits per heavy atom.